The van der Waals surface area contributed by atoms with Crippen molar-refractivity contribution >= 4 is 5.91 Å². The van der Waals surface area contributed by atoms with Crippen LogP contribution in [-0.2, 0) is 0 Å². The Morgan fingerprint density at radius 3 is 2.93 bits per heavy atom. The van der Waals surface area contributed by atoms with Crippen LogP contribution in [0.2, 0.25) is 0 Å². The lowest BCUT2D eigenvalue weighted by Crippen LogP contribution is -2.34. The summed E-state index contributed by atoms with van der Waals surface area (Å²) in [5, 5.41) is 11.6. The molecule has 0 fully saturated rings. The SMILES string of the molecule is CC(C)(CCO)CNC(=O)c1cnc[nH]1. The molecule has 5 nitrogen and oxygen atoms in total. The monoisotopic (exact) mass is 211 g/mol. The van der Waals surface area contributed by atoms with Crippen LogP contribution in [-0.4, -0.2) is 34.1 Å². The van der Waals surface area contributed by atoms with Gasteiger partial charge in [0.25, 0.3) is 5.91 Å². The first kappa shape index (κ1) is 11.7. The summed E-state index contributed by atoms with van der Waals surface area (Å²) in [5.74, 6) is -0.168. The van der Waals surface area contributed by atoms with Crippen molar-refractivity contribution < 1.29 is 9.90 Å². The van der Waals surface area contributed by atoms with Gasteiger partial charge >= 0.3 is 0 Å². The summed E-state index contributed by atoms with van der Waals surface area (Å²) in [4.78, 5) is 18.0. The molecule has 1 rings (SSSR count). The number of aromatic amines is 1. The number of amides is 1. The average Bonchev–Trinajstić information content (AvgIpc) is 2.67. The molecule has 0 spiro atoms. The number of hydrogen-bond donors (Lipinski definition) is 3. The molecule has 3 N–H and O–H groups in total. The Morgan fingerprint density at radius 2 is 2.40 bits per heavy atom. The number of aliphatic hydroxyl groups is 1. The molecule has 1 heterocycles. The van der Waals surface area contributed by atoms with Crippen molar-refractivity contribution in [2.75, 3.05) is 13.2 Å². The van der Waals surface area contributed by atoms with E-state index in [1.165, 1.54) is 12.5 Å². The summed E-state index contributed by atoms with van der Waals surface area (Å²) in [6, 6.07) is 0. The largest absolute Gasteiger partial charge is 0.396 e. The van der Waals surface area contributed by atoms with E-state index in [1.807, 2.05) is 13.8 Å². The molecule has 0 saturated carbocycles. The average molecular weight is 211 g/mol. The Kier molecular flexibility index (Phi) is 3.85. The first-order valence-corrected chi connectivity index (χ1v) is 4.92. The van der Waals surface area contributed by atoms with Crippen LogP contribution in [0.4, 0.5) is 0 Å². The van der Waals surface area contributed by atoms with Crippen molar-refractivity contribution in [3.05, 3.63) is 18.2 Å². The van der Waals surface area contributed by atoms with Crippen LogP contribution in [0.25, 0.3) is 0 Å². The highest BCUT2D eigenvalue weighted by Gasteiger charge is 2.18. The van der Waals surface area contributed by atoms with Crippen LogP contribution in [0.15, 0.2) is 12.5 Å². The molecule has 0 radical (unpaired) electrons. The van der Waals surface area contributed by atoms with E-state index in [4.69, 9.17) is 5.11 Å². The van der Waals surface area contributed by atoms with Crippen molar-refractivity contribution in [1.82, 2.24) is 15.3 Å². The summed E-state index contributed by atoms with van der Waals surface area (Å²) in [7, 11) is 0. The minimum Gasteiger partial charge on any atom is -0.396 e. The van der Waals surface area contributed by atoms with E-state index in [0.29, 0.717) is 18.7 Å². The minimum absolute atomic E-state index is 0.0928. The summed E-state index contributed by atoms with van der Waals surface area (Å²) in [5.41, 5.74) is 0.361. The van der Waals surface area contributed by atoms with Gasteiger partial charge in [-0.2, -0.15) is 0 Å². The fourth-order valence-electron chi connectivity index (χ4n) is 1.19. The summed E-state index contributed by atoms with van der Waals surface area (Å²) < 4.78 is 0. The van der Waals surface area contributed by atoms with E-state index < -0.39 is 0 Å². The number of aromatic nitrogens is 2. The molecule has 0 aliphatic carbocycles. The van der Waals surface area contributed by atoms with Crippen LogP contribution in [0.1, 0.15) is 30.8 Å². The van der Waals surface area contributed by atoms with Gasteiger partial charge in [-0.25, -0.2) is 4.98 Å². The van der Waals surface area contributed by atoms with Crippen LogP contribution >= 0.6 is 0 Å². The minimum atomic E-state index is -0.168. The molecule has 1 aromatic heterocycles. The molecular weight excluding hydrogens is 194 g/mol. The van der Waals surface area contributed by atoms with Gasteiger partial charge in [0.05, 0.1) is 12.5 Å². The molecule has 84 valence electrons. The Balaban J connectivity index is 2.40. The van der Waals surface area contributed by atoms with Gasteiger partial charge < -0.3 is 15.4 Å². The van der Waals surface area contributed by atoms with E-state index in [-0.39, 0.29) is 17.9 Å². The van der Waals surface area contributed by atoms with E-state index in [0.717, 1.165) is 0 Å². The quantitative estimate of drug-likeness (QED) is 0.665. The van der Waals surface area contributed by atoms with Crippen molar-refractivity contribution in [3.63, 3.8) is 0 Å². The zero-order valence-corrected chi connectivity index (χ0v) is 9.08. The standard InChI is InChI=1S/C10H17N3O2/c1-10(2,3-4-14)6-12-9(15)8-5-11-7-13-8/h5,7,14H,3-4,6H2,1-2H3,(H,11,13)(H,12,15). The van der Waals surface area contributed by atoms with Crippen molar-refractivity contribution in [1.29, 1.82) is 0 Å². The number of hydrogen-bond acceptors (Lipinski definition) is 3. The first-order valence-electron chi connectivity index (χ1n) is 4.92. The van der Waals surface area contributed by atoms with E-state index in [2.05, 4.69) is 15.3 Å². The van der Waals surface area contributed by atoms with Crippen molar-refractivity contribution in [2.24, 2.45) is 5.41 Å². The summed E-state index contributed by atoms with van der Waals surface area (Å²) in [6.07, 6.45) is 3.61. The van der Waals surface area contributed by atoms with Gasteiger partial charge in [0.15, 0.2) is 0 Å². The second-order valence-electron chi connectivity index (χ2n) is 4.29. The maximum atomic E-state index is 11.5. The molecule has 0 atom stereocenters. The molecule has 0 aromatic carbocycles. The topological polar surface area (TPSA) is 78.0 Å². The third-order valence-electron chi connectivity index (χ3n) is 2.26. The normalized spacial score (nSPS) is 11.4. The van der Waals surface area contributed by atoms with Crippen LogP contribution in [0.5, 0.6) is 0 Å². The number of rotatable bonds is 5. The molecule has 0 aliphatic rings. The number of imidazole rings is 1. The number of nitrogens with zero attached hydrogens (tertiary/aromatic N) is 1. The van der Waals surface area contributed by atoms with E-state index in [9.17, 15) is 4.79 Å². The maximum Gasteiger partial charge on any atom is 0.269 e. The van der Waals surface area contributed by atoms with Crippen LogP contribution < -0.4 is 5.32 Å². The second kappa shape index (κ2) is 4.93. The summed E-state index contributed by atoms with van der Waals surface area (Å²) >= 11 is 0. The molecular formula is C10H17N3O2. The van der Waals surface area contributed by atoms with Gasteiger partial charge in [-0.15, -0.1) is 0 Å². The first-order chi connectivity index (χ1) is 7.05. The molecule has 0 bridgehead atoms. The lowest BCUT2D eigenvalue weighted by atomic mass is 9.90. The number of carbonyl (C=O) groups is 1. The van der Waals surface area contributed by atoms with Crippen LogP contribution in [0.3, 0.4) is 0 Å². The Labute approximate surface area is 88.9 Å². The number of carbonyl (C=O) groups excluding carboxylic acids is 1. The second-order valence-corrected chi connectivity index (χ2v) is 4.29. The zero-order valence-electron chi connectivity index (χ0n) is 9.08. The zero-order chi connectivity index (χ0) is 11.3. The van der Waals surface area contributed by atoms with Gasteiger partial charge in [0.1, 0.15) is 5.69 Å². The lowest BCUT2D eigenvalue weighted by molar-refractivity contribution is 0.0923. The third-order valence-corrected chi connectivity index (χ3v) is 2.26. The van der Waals surface area contributed by atoms with Gasteiger partial charge in [-0.3, -0.25) is 4.79 Å². The Bertz CT molecular complexity index is 306. The van der Waals surface area contributed by atoms with E-state index in [1.54, 1.807) is 0 Å². The third kappa shape index (κ3) is 3.71. The number of aliphatic hydroxyl groups excluding tert-OH is 1. The molecule has 5 heteroatoms. The van der Waals surface area contributed by atoms with Gasteiger partial charge in [-0.05, 0) is 11.8 Å². The molecule has 15 heavy (non-hydrogen) atoms. The van der Waals surface area contributed by atoms with E-state index >= 15 is 0 Å². The number of nitrogens with one attached hydrogen (secondary N) is 2. The van der Waals surface area contributed by atoms with Crippen molar-refractivity contribution in [3.8, 4) is 0 Å². The highest BCUT2D eigenvalue weighted by molar-refractivity contribution is 5.91. The fourth-order valence-corrected chi connectivity index (χ4v) is 1.19. The molecule has 1 aromatic rings. The molecule has 0 aliphatic heterocycles. The van der Waals surface area contributed by atoms with Crippen molar-refractivity contribution in [2.45, 2.75) is 20.3 Å². The fraction of sp³-hybridized carbons (Fsp3) is 0.600. The lowest BCUT2D eigenvalue weighted by Gasteiger charge is -2.23. The van der Waals surface area contributed by atoms with Gasteiger partial charge in [0, 0.05) is 13.2 Å². The summed E-state index contributed by atoms with van der Waals surface area (Å²) in [6.45, 7) is 4.66. The highest BCUT2D eigenvalue weighted by Crippen LogP contribution is 2.17. The van der Waals surface area contributed by atoms with Gasteiger partial charge in [0.2, 0.25) is 0 Å². The maximum absolute atomic E-state index is 11.5. The predicted octanol–water partition coefficient (Wildman–Crippen LogP) is 0.548. The molecule has 0 saturated heterocycles. The predicted molar refractivity (Wildman–Crippen MR) is 56.4 cm³/mol. The Morgan fingerprint density at radius 1 is 1.67 bits per heavy atom. The smallest absolute Gasteiger partial charge is 0.269 e. The van der Waals surface area contributed by atoms with Crippen LogP contribution in [0, 0.1) is 5.41 Å². The Hall–Kier alpha value is -1.36. The molecule has 1 amide bonds. The highest BCUT2D eigenvalue weighted by atomic mass is 16.3. The molecule has 0 unspecified atom stereocenters. The number of H-pyrrole nitrogens is 1. The van der Waals surface area contributed by atoms with Gasteiger partial charge in [-0.1, -0.05) is 13.8 Å².